The van der Waals surface area contributed by atoms with Crippen LogP contribution >= 0.6 is 0 Å². The van der Waals surface area contributed by atoms with E-state index in [4.69, 9.17) is 10.5 Å². The molecule has 4 unspecified atom stereocenters. The first kappa shape index (κ1) is 13.3. The van der Waals surface area contributed by atoms with Gasteiger partial charge in [-0.05, 0) is 32.2 Å². The average Bonchev–Trinajstić information content (AvgIpc) is 2.30. The van der Waals surface area contributed by atoms with Crippen molar-refractivity contribution in [3.63, 3.8) is 0 Å². The van der Waals surface area contributed by atoms with Crippen LogP contribution in [0.3, 0.4) is 0 Å². The Morgan fingerprint density at radius 2 is 2.07 bits per heavy atom. The van der Waals surface area contributed by atoms with Gasteiger partial charge < -0.3 is 15.8 Å². The normalized spacial score (nSPS) is 39.6. The minimum atomic E-state index is -0.0630. The van der Waals surface area contributed by atoms with Gasteiger partial charge in [0, 0.05) is 0 Å². The maximum Gasteiger partial charge on any atom is 0.0683 e. The predicted octanol–water partition coefficient (Wildman–Crippen LogP) is 2.69. The fourth-order valence-corrected chi connectivity index (χ4v) is 2.24. The molecule has 1 rings (SSSR count). The molecule has 1 aliphatic rings. The van der Waals surface area contributed by atoms with Gasteiger partial charge in [-0.3, -0.25) is 0 Å². The van der Waals surface area contributed by atoms with Gasteiger partial charge in [0.1, 0.15) is 0 Å². The topological polar surface area (TPSA) is 45.1 Å². The number of nitrogens with one attached hydrogen (secondary N) is 2. The molecule has 0 aromatic heterocycles. The quantitative estimate of drug-likeness (QED) is 0.699. The van der Waals surface area contributed by atoms with E-state index in [-0.39, 0.29) is 23.6 Å². The van der Waals surface area contributed by atoms with Gasteiger partial charge in [-0.2, -0.15) is 0 Å². The molecular formula is C11H21N2ORf-. The number of hydrogen-bond acceptors (Lipinski definition) is 2. The van der Waals surface area contributed by atoms with Gasteiger partial charge in [-0.15, -0.1) is 6.58 Å². The first-order valence-corrected chi connectivity index (χ1v) is 5.25. The van der Waals surface area contributed by atoms with Crippen LogP contribution in [-0.2, 0) is 4.74 Å². The van der Waals surface area contributed by atoms with E-state index in [0.29, 0.717) is 5.92 Å². The Morgan fingerprint density at radius 1 is 1.53 bits per heavy atom. The summed E-state index contributed by atoms with van der Waals surface area (Å²) in [5, 5.41) is 3.08. The monoisotopic (exact) mass is 464 g/mol. The minimum Gasteiger partial charge on any atom is -0.483 e. The van der Waals surface area contributed by atoms with Crippen molar-refractivity contribution in [1.82, 2.24) is 5.32 Å². The molecule has 0 spiro atoms. The van der Waals surface area contributed by atoms with Crippen molar-refractivity contribution in [1.29, 1.82) is 0 Å². The molecule has 0 saturated carbocycles. The molecule has 4 heteroatoms. The first-order chi connectivity index (χ1) is 6.40. The molecule has 1 fully saturated rings. The van der Waals surface area contributed by atoms with E-state index in [1.54, 1.807) is 0 Å². The summed E-state index contributed by atoms with van der Waals surface area (Å²) in [5.74, 6) is 0.683. The van der Waals surface area contributed by atoms with Crippen molar-refractivity contribution in [2.45, 2.75) is 51.9 Å². The van der Waals surface area contributed by atoms with E-state index in [2.05, 4.69) is 39.6 Å². The van der Waals surface area contributed by atoms with Crippen LogP contribution in [-0.4, -0.2) is 17.7 Å². The maximum atomic E-state index is 7.35. The van der Waals surface area contributed by atoms with Crippen molar-refractivity contribution >= 4 is 0 Å². The largest absolute Gasteiger partial charge is 0.483 e. The molecule has 3 nitrogen and oxygen atoms in total. The zero-order chi connectivity index (χ0) is 10.9. The predicted molar refractivity (Wildman–Crippen MR) is 58.8 cm³/mol. The van der Waals surface area contributed by atoms with Crippen LogP contribution < -0.4 is 5.32 Å². The fourth-order valence-electron chi connectivity index (χ4n) is 2.24. The Balaban J connectivity index is 0.00000196. The molecule has 2 N–H and O–H groups in total. The van der Waals surface area contributed by atoms with Gasteiger partial charge in [0.15, 0.2) is 0 Å². The number of ether oxygens (including phenoxy) is 1. The number of rotatable bonds is 3. The second-order valence-electron chi connectivity index (χ2n) is 4.43. The third kappa shape index (κ3) is 2.21. The van der Waals surface area contributed by atoms with E-state index >= 15 is 0 Å². The van der Waals surface area contributed by atoms with Gasteiger partial charge in [-0.25, -0.2) is 0 Å². The van der Waals surface area contributed by atoms with Crippen molar-refractivity contribution in [3.05, 3.63) is 18.1 Å². The fraction of sp³-hybridized carbons (Fsp3) is 0.818. The Labute approximate surface area is 86.7 Å². The molecule has 1 aliphatic heterocycles. The molecule has 0 aromatic carbocycles. The van der Waals surface area contributed by atoms with Gasteiger partial charge in [0.25, 0.3) is 0 Å². The van der Waals surface area contributed by atoms with Crippen LogP contribution in [0.25, 0.3) is 5.73 Å². The SMILES string of the molecule is C=C([NH-])NC1C(C)OC(C)(CC)C1C.[Rf]. The van der Waals surface area contributed by atoms with E-state index in [1.165, 1.54) is 0 Å². The van der Waals surface area contributed by atoms with Crippen molar-refractivity contribution in [2.24, 2.45) is 5.92 Å². The molecule has 0 aromatic rings. The summed E-state index contributed by atoms with van der Waals surface area (Å²) >= 11 is 0. The Bertz CT molecular complexity index is 235. The molecule has 0 bridgehead atoms. The summed E-state index contributed by atoms with van der Waals surface area (Å²) in [6.07, 6.45) is 1.15. The Kier molecular flexibility index (Phi) is 3.74. The van der Waals surface area contributed by atoms with Gasteiger partial charge in [0.05, 0.1) is 11.7 Å². The van der Waals surface area contributed by atoms with E-state index in [1.807, 2.05) is 0 Å². The molecule has 0 amide bonds. The number of hydrogen-bond donors (Lipinski definition) is 1. The van der Waals surface area contributed by atoms with E-state index < -0.39 is 0 Å². The molecule has 4 atom stereocenters. The second-order valence-corrected chi connectivity index (χ2v) is 4.43. The Morgan fingerprint density at radius 3 is 2.40 bits per heavy atom. The summed E-state index contributed by atoms with van der Waals surface area (Å²) in [6.45, 7) is 12.1. The summed E-state index contributed by atoms with van der Waals surface area (Å²) in [6, 6.07) is 0.213. The van der Waals surface area contributed by atoms with Gasteiger partial charge in [0.2, 0.25) is 0 Å². The summed E-state index contributed by atoms with van der Waals surface area (Å²) in [4.78, 5) is 0. The van der Waals surface area contributed by atoms with Gasteiger partial charge in [-0.1, -0.05) is 19.7 Å². The van der Waals surface area contributed by atoms with Crippen LogP contribution in [0.2, 0.25) is 0 Å². The van der Waals surface area contributed by atoms with Crippen molar-refractivity contribution in [3.8, 4) is 0 Å². The average molecular weight is 464 g/mol. The van der Waals surface area contributed by atoms with Crippen molar-refractivity contribution in [2.75, 3.05) is 0 Å². The molecule has 15 heavy (non-hydrogen) atoms. The standard InChI is InChI=1S/C11H21N2O.Rf/c1-6-11(5)7(2)10(8(3)14-11)13-9(4)12;/h7-8,10,12-13H,4,6H2,1-3,5H3;/q-1;. The van der Waals surface area contributed by atoms with Crippen LogP contribution in [0.15, 0.2) is 12.4 Å². The zero-order valence-corrected chi connectivity index (χ0v) is 16.7. The molecule has 84 valence electrons. The van der Waals surface area contributed by atoms with Crippen LogP contribution in [0.1, 0.15) is 34.1 Å². The summed E-state index contributed by atoms with van der Waals surface area (Å²) < 4.78 is 5.94. The molecule has 0 radical (unpaired) electrons. The van der Waals surface area contributed by atoms with Crippen LogP contribution in [0, 0.1) is 5.92 Å². The third-order valence-corrected chi connectivity index (χ3v) is 3.51. The molecule has 1 saturated heterocycles. The summed E-state index contributed by atoms with van der Waals surface area (Å²) in [7, 11) is 0. The second kappa shape index (κ2) is 4.22. The third-order valence-electron chi connectivity index (χ3n) is 3.51. The Hall–Kier alpha value is -1.70. The zero-order valence-electron chi connectivity index (χ0n) is 10.3. The minimum absolute atomic E-state index is 0. The smallest absolute Gasteiger partial charge is 0.0683 e. The molecular weight excluding hydrogens is 443 g/mol. The van der Waals surface area contributed by atoms with E-state index in [9.17, 15) is 0 Å². The van der Waals surface area contributed by atoms with E-state index in [0.717, 1.165) is 6.42 Å². The van der Waals surface area contributed by atoms with Crippen LogP contribution in [0.5, 0.6) is 0 Å². The van der Waals surface area contributed by atoms with Crippen LogP contribution in [0.4, 0.5) is 0 Å². The summed E-state index contributed by atoms with van der Waals surface area (Å²) in [5.41, 5.74) is 7.28. The molecule has 1 heterocycles. The van der Waals surface area contributed by atoms with Crippen molar-refractivity contribution < 1.29 is 4.74 Å². The maximum absolute atomic E-state index is 7.35. The first-order valence-electron chi connectivity index (χ1n) is 5.25. The van der Waals surface area contributed by atoms with Gasteiger partial charge >= 0.3 is 0 Å². The molecule has 0 aliphatic carbocycles.